The molecular weight excluding hydrogens is 226 g/mol. The van der Waals surface area contributed by atoms with Gasteiger partial charge < -0.3 is 9.64 Å². The first-order valence-corrected chi connectivity index (χ1v) is 6.44. The highest BCUT2D eigenvalue weighted by Gasteiger charge is 2.50. The molecule has 3 nitrogen and oxygen atoms in total. The van der Waals surface area contributed by atoms with E-state index in [1.54, 1.807) is 14.0 Å². The summed E-state index contributed by atoms with van der Waals surface area (Å²) in [5.74, 6) is 0.693. The first-order valence-electron chi connectivity index (χ1n) is 6.01. The number of likely N-dealkylation sites (tertiary alicyclic amines) is 1. The Morgan fingerprint density at radius 3 is 3.06 bits per heavy atom. The highest BCUT2D eigenvalue weighted by Crippen LogP contribution is 2.48. The van der Waals surface area contributed by atoms with Crippen LogP contribution < -0.4 is 0 Å². The van der Waals surface area contributed by atoms with Crippen LogP contribution in [0.2, 0.25) is 0 Å². The maximum atomic E-state index is 11.9. The van der Waals surface area contributed by atoms with Gasteiger partial charge in [-0.1, -0.05) is 6.42 Å². The van der Waals surface area contributed by atoms with E-state index in [-0.39, 0.29) is 11.3 Å². The SMILES string of the molecule is COC[C@]12CCC[C@@H]1CN(C(=O)[C@H](C)Cl)C2. The van der Waals surface area contributed by atoms with E-state index in [2.05, 4.69) is 0 Å². The number of hydrogen-bond acceptors (Lipinski definition) is 2. The molecule has 0 spiro atoms. The predicted octanol–water partition coefficient (Wildman–Crippen LogP) is 1.89. The van der Waals surface area contributed by atoms with Gasteiger partial charge in [0.25, 0.3) is 0 Å². The summed E-state index contributed by atoms with van der Waals surface area (Å²) in [7, 11) is 1.75. The number of alkyl halides is 1. The van der Waals surface area contributed by atoms with E-state index in [1.807, 2.05) is 4.90 Å². The molecule has 16 heavy (non-hydrogen) atoms. The summed E-state index contributed by atoms with van der Waals surface area (Å²) in [4.78, 5) is 13.8. The minimum atomic E-state index is -0.404. The van der Waals surface area contributed by atoms with Crippen molar-refractivity contribution in [2.45, 2.75) is 31.6 Å². The first kappa shape index (κ1) is 12.2. The van der Waals surface area contributed by atoms with Gasteiger partial charge in [-0.2, -0.15) is 0 Å². The molecule has 1 aliphatic carbocycles. The zero-order valence-electron chi connectivity index (χ0n) is 10.0. The molecule has 1 amide bonds. The van der Waals surface area contributed by atoms with Crippen molar-refractivity contribution in [1.82, 2.24) is 4.90 Å². The van der Waals surface area contributed by atoms with Gasteiger partial charge in [0.15, 0.2) is 0 Å². The molecular formula is C12H20ClNO2. The van der Waals surface area contributed by atoms with E-state index in [0.29, 0.717) is 5.92 Å². The predicted molar refractivity (Wildman–Crippen MR) is 63.5 cm³/mol. The minimum Gasteiger partial charge on any atom is -0.384 e. The molecule has 0 unspecified atom stereocenters. The fourth-order valence-corrected chi connectivity index (χ4v) is 3.50. The molecule has 2 fully saturated rings. The van der Waals surface area contributed by atoms with E-state index in [1.165, 1.54) is 19.3 Å². The summed E-state index contributed by atoms with van der Waals surface area (Å²) in [6.07, 6.45) is 3.68. The standard InChI is InChI=1S/C12H20ClNO2/c1-9(13)11(15)14-6-10-4-3-5-12(10,7-14)8-16-2/h9-10H,3-8H2,1-2H3/t9-,10+,12+/m0/s1. The summed E-state index contributed by atoms with van der Waals surface area (Å²) < 4.78 is 5.35. The lowest BCUT2D eigenvalue weighted by molar-refractivity contribution is -0.130. The number of nitrogens with zero attached hydrogens (tertiary/aromatic N) is 1. The minimum absolute atomic E-state index is 0.0755. The molecule has 0 aromatic carbocycles. The topological polar surface area (TPSA) is 29.5 Å². The van der Waals surface area contributed by atoms with Crippen LogP contribution >= 0.6 is 11.6 Å². The quantitative estimate of drug-likeness (QED) is 0.711. The van der Waals surface area contributed by atoms with Crippen molar-refractivity contribution in [1.29, 1.82) is 0 Å². The van der Waals surface area contributed by atoms with Crippen molar-refractivity contribution in [2.75, 3.05) is 26.8 Å². The number of amides is 1. The molecule has 0 aromatic rings. The van der Waals surface area contributed by atoms with Gasteiger partial charge in [-0.25, -0.2) is 0 Å². The van der Waals surface area contributed by atoms with E-state index >= 15 is 0 Å². The van der Waals surface area contributed by atoms with Crippen molar-refractivity contribution in [2.24, 2.45) is 11.3 Å². The van der Waals surface area contributed by atoms with Crippen molar-refractivity contribution in [3.05, 3.63) is 0 Å². The molecule has 3 atom stereocenters. The molecule has 0 N–H and O–H groups in total. The number of carbonyl (C=O) groups excluding carboxylic acids is 1. The Bertz CT molecular complexity index is 282. The van der Waals surface area contributed by atoms with Gasteiger partial charge in [-0.3, -0.25) is 4.79 Å². The molecule has 0 radical (unpaired) electrons. The van der Waals surface area contributed by atoms with E-state index in [9.17, 15) is 4.79 Å². The lowest BCUT2D eigenvalue weighted by Gasteiger charge is -2.27. The second-order valence-electron chi connectivity index (χ2n) is 5.22. The molecule has 92 valence electrons. The summed E-state index contributed by atoms with van der Waals surface area (Å²) in [5.41, 5.74) is 0.218. The number of fused-ring (bicyclic) bond motifs is 1. The van der Waals surface area contributed by atoms with E-state index in [0.717, 1.165) is 19.7 Å². The van der Waals surface area contributed by atoms with Crippen molar-refractivity contribution in [3.63, 3.8) is 0 Å². The molecule has 4 heteroatoms. The lowest BCUT2D eigenvalue weighted by atomic mass is 9.82. The lowest BCUT2D eigenvalue weighted by Crippen LogP contribution is -2.37. The van der Waals surface area contributed by atoms with Crippen LogP contribution in [0.25, 0.3) is 0 Å². The average molecular weight is 246 g/mol. The maximum Gasteiger partial charge on any atom is 0.240 e. The van der Waals surface area contributed by atoms with Gasteiger partial charge in [-0.15, -0.1) is 11.6 Å². The molecule has 1 saturated carbocycles. The molecule has 2 aliphatic rings. The van der Waals surface area contributed by atoms with E-state index < -0.39 is 5.38 Å². The van der Waals surface area contributed by atoms with Crippen LogP contribution in [0.1, 0.15) is 26.2 Å². The Kier molecular flexibility index (Phi) is 3.45. The normalized spacial score (nSPS) is 35.2. The van der Waals surface area contributed by atoms with E-state index in [4.69, 9.17) is 16.3 Å². The van der Waals surface area contributed by atoms with Crippen molar-refractivity contribution in [3.8, 4) is 0 Å². The fraction of sp³-hybridized carbons (Fsp3) is 0.917. The summed E-state index contributed by atoms with van der Waals surface area (Å²) in [6, 6.07) is 0. The second kappa shape index (κ2) is 4.53. The molecule has 0 aromatic heterocycles. The molecule has 1 aliphatic heterocycles. The van der Waals surface area contributed by atoms with Crippen LogP contribution in [0, 0.1) is 11.3 Å². The zero-order chi connectivity index (χ0) is 11.8. The van der Waals surface area contributed by atoms with Gasteiger partial charge in [0.2, 0.25) is 5.91 Å². The Morgan fingerprint density at radius 1 is 1.69 bits per heavy atom. The van der Waals surface area contributed by atoms with Crippen LogP contribution in [0.3, 0.4) is 0 Å². The monoisotopic (exact) mass is 245 g/mol. The van der Waals surface area contributed by atoms with Gasteiger partial charge in [-0.05, 0) is 25.7 Å². The zero-order valence-corrected chi connectivity index (χ0v) is 10.8. The molecule has 1 saturated heterocycles. The van der Waals surface area contributed by atoms with Gasteiger partial charge >= 0.3 is 0 Å². The van der Waals surface area contributed by atoms with Crippen LogP contribution in [0.5, 0.6) is 0 Å². The third-order valence-electron chi connectivity index (χ3n) is 4.12. The maximum absolute atomic E-state index is 11.9. The van der Waals surface area contributed by atoms with Gasteiger partial charge in [0.1, 0.15) is 5.38 Å². The number of hydrogen-bond donors (Lipinski definition) is 0. The number of halogens is 1. The molecule has 1 heterocycles. The number of carbonyl (C=O) groups is 1. The van der Waals surface area contributed by atoms with Gasteiger partial charge in [0, 0.05) is 25.6 Å². The Balaban J connectivity index is 2.07. The number of rotatable bonds is 3. The van der Waals surface area contributed by atoms with Gasteiger partial charge in [0.05, 0.1) is 6.61 Å². The Hall–Kier alpha value is -0.280. The Labute approximate surface area is 102 Å². The largest absolute Gasteiger partial charge is 0.384 e. The fourth-order valence-electron chi connectivity index (χ4n) is 3.36. The summed E-state index contributed by atoms with van der Waals surface area (Å²) in [6.45, 7) is 4.24. The third-order valence-corrected chi connectivity index (χ3v) is 4.31. The van der Waals surface area contributed by atoms with Crippen LogP contribution in [-0.4, -0.2) is 43.0 Å². The molecule has 0 bridgehead atoms. The highest BCUT2D eigenvalue weighted by molar-refractivity contribution is 6.30. The second-order valence-corrected chi connectivity index (χ2v) is 5.87. The van der Waals surface area contributed by atoms with Crippen LogP contribution in [-0.2, 0) is 9.53 Å². The summed E-state index contributed by atoms with van der Waals surface area (Å²) in [5, 5.41) is -0.404. The molecule has 2 rings (SSSR count). The average Bonchev–Trinajstić information content (AvgIpc) is 2.73. The van der Waals surface area contributed by atoms with Crippen LogP contribution in [0.4, 0.5) is 0 Å². The van der Waals surface area contributed by atoms with Crippen molar-refractivity contribution < 1.29 is 9.53 Å². The number of ether oxygens (including phenoxy) is 1. The first-order chi connectivity index (χ1) is 7.59. The van der Waals surface area contributed by atoms with Crippen LogP contribution in [0.15, 0.2) is 0 Å². The highest BCUT2D eigenvalue weighted by atomic mass is 35.5. The Morgan fingerprint density at radius 2 is 2.44 bits per heavy atom. The smallest absolute Gasteiger partial charge is 0.240 e. The van der Waals surface area contributed by atoms with Crippen molar-refractivity contribution >= 4 is 17.5 Å². The third kappa shape index (κ3) is 1.95. The number of methoxy groups -OCH3 is 1. The summed E-state index contributed by atoms with van der Waals surface area (Å²) >= 11 is 5.86.